The Morgan fingerprint density at radius 2 is 1.94 bits per heavy atom. The molecule has 0 amide bonds. The van der Waals surface area contributed by atoms with Gasteiger partial charge in [-0.05, 0) is 97.2 Å². The van der Waals surface area contributed by atoms with E-state index in [0.29, 0.717) is 11.5 Å². The van der Waals surface area contributed by atoms with E-state index in [1.165, 1.54) is 16.8 Å². The van der Waals surface area contributed by atoms with Crippen molar-refractivity contribution in [2.24, 2.45) is 0 Å². The first kappa shape index (κ1) is 20.9. The average molecular weight is 417 g/mol. The minimum Gasteiger partial charge on any atom is -0.497 e. The molecule has 3 aromatic rings. The Hall–Kier alpha value is -3.34. The molecule has 4 rings (SSSR count). The molecule has 5 heteroatoms. The van der Waals surface area contributed by atoms with Gasteiger partial charge in [0.15, 0.2) is 0 Å². The van der Waals surface area contributed by atoms with E-state index >= 15 is 0 Å². The van der Waals surface area contributed by atoms with Crippen LogP contribution < -0.4 is 9.64 Å². The summed E-state index contributed by atoms with van der Waals surface area (Å²) in [7, 11) is 3.76. The highest BCUT2D eigenvalue weighted by Gasteiger charge is 2.22. The highest BCUT2D eigenvalue weighted by Crippen LogP contribution is 2.38. The Bertz CT molecular complexity index is 1060. The van der Waals surface area contributed by atoms with Crippen molar-refractivity contribution in [2.45, 2.75) is 38.0 Å². The SMILES string of the molecule is COc1ccc(N(C)c2ccc3c(c2)CCC[C@H]3CCc2cnccc2C(=O)O)cc1. The minimum absolute atomic E-state index is 0.363. The first-order valence-electron chi connectivity index (χ1n) is 10.7. The summed E-state index contributed by atoms with van der Waals surface area (Å²) in [5.41, 5.74) is 6.27. The molecule has 0 aliphatic heterocycles. The molecule has 160 valence electrons. The number of fused-ring (bicyclic) bond motifs is 1. The maximum atomic E-state index is 11.5. The molecule has 0 radical (unpaired) electrons. The fraction of sp³-hybridized carbons (Fsp3) is 0.308. The summed E-state index contributed by atoms with van der Waals surface area (Å²) >= 11 is 0. The number of anilines is 2. The largest absolute Gasteiger partial charge is 0.497 e. The predicted octanol–water partition coefficient (Wildman–Crippen LogP) is 5.61. The molecule has 1 aliphatic carbocycles. The number of carboxylic acids is 1. The number of aryl methyl sites for hydroxylation is 2. The van der Waals surface area contributed by atoms with E-state index < -0.39 is 5.97 Å². The molecule has 0 spiro atoms. The van der Waals surface area contributed by atoms with Crippen molar-refractivity contribution in [1.29, 1.82) is 0 Å². The summed E-state index contributed by atoms with van der Waals surface area (Å²) in [5.74, 6) is 0.420. The van der Waals surface area contributed by atoms with Crippen LogP contribution in [-0.2, 0) is 12.8 Å². The molecule has 31 heavy (non-hydrogen) atoms. The fourth-order valence-electron chi connectivity index (χ4n) is 4.53. The smallest absolute Gasteiger partial charge is 0.336 e. The van der Waals surface area contributed by atoms with Crippen LogP contribution in [0.5, 0.6) is 5.75 Å². The molecular weight excluding hydrogens is 388 g/mol. The van der Waals surface area contributed by atoms with Crippen LogP contribution in [0.4, 0.5) is 11.4 Å². The van der Waals surface area contributed by atoms with E-state index in [-0.39, 0.29) is 0 Å². The second kappa shape index (κ2) is 9.21. The Morgan fingerprint density at radius 1 is 1.16 bits per heavy atom. The number of hydrogen-bond donors (Lipinski definition) is 1. The first-order chi connectivity index (χ1) is 15.1. The minimum atomic E-state index is -0.882. The summed E-state index contributed by atoms with van der Waals surface area (Å²) in [5, 5.41) is 9.43. The third-order valence-electron chi connectivity index (χ3n) is 6.31. The third kappa shape index (κ3) is 4.55. The first-order valence-corrected chi connectivity index (χ1v) is 10.7. The lowest BCUT2D eigenvalue weighted by Crippen LogP contribution is -2.14. The van der Waals surface area contributed by atoms with Crippen LogP contribution in [0.1, 0.15) is 52.2 Å². The van der Waals surface area contributed by atoms with Gasteiger partial charge in [0.05, 0.1) is 12.7 Å². The summed E-state index contributed by atoms with van der Waals surface area (Å²) in [6, 6.07) is 16.4. The van der Waals surface area contributed by atoms with Gasteiger partial charge in [0.1, 0.15) is 5.75 Å². The second-order valence-corrected chi connectivity index (χ2v) is 8.11. The van der Waals surface area contributed by atoms with Crippen molar-refractivity contribution in [2.75, 3.05) is 19.1 Å². The molecule has 0 bridgehead atoms. The van der Waals surface area contributed by atoms with Gasteiger partial charge in [-0.1, -0.05) is 6.07 Å². The van der Waals surface area contributed by atoms with Crippen molar-refractivity contribution in [1.82, 2.24) is 4.98 Å². The fourth-order valence-corrected chi connectivity index (χ4v) is 4.53. The lowest BCUT2D eigenvalue weighted by atomic mass is 9.79. The molecule has 1 aromatic heterocycles. The summed E-state index contributed by atoms with van der Waals surface area (Å²) < 4.78 is 5.26. The number of nitrogens with zero attached hydrogens (tertiary/aromatic N) is 2. The Balaban J connectivity index is 1.51. The summed E-state index contributed by atoms with van der Waals surface area (Å²) in [4.78, 5) is 17.8. The Morgan fingerprint density at radius 3 is 2.68 bits per heavy atom. The van der Waals surface area contributed by atoms with Crippen LogP contribution in [0, 0.1) is 0 Å². The van der Waals surface area contributed by atoms with Gasteiger partial charge in [-0.2, -0.15) is 0 Å². The number of hydrogen-bond acceptors (Lipinski definition) is 4. The van der Waals surface area contributed by atoms with Crippen LogP contribution in [0.15, 0.2) is 60.9 Å². The lowest BCUT2D eigenvalue weighted by Gasteiger charge is -2.28. The van der Waals surface area contributed by atoms with Crippen LogP contribution in [0.3, 0.4) is 0 Å². The predicted molar refractivity (Wildman–Crippen MR) is 123 cm³/mol. The zero-order valence-corrected chi connectivity index (χ0v) is 18.0. The molecule has 5 nitrogen and oxygen atoms in total. The van der Waals surface area contributed by atoms with Gasteiger partial charge in [0.25, 0.3) is 0 Å². The zero-order valence-electron chi connectivity index (χ0n) is 18.0. The van der Waals surface area contributed by atoms with Crippen molar-refractivity contribution < 1.29 is 14.6 Å². The highest BCUT2D eigenvalue weighted by molar-refractivity contribution is 5.89. The topological polar surface area (TPSA) is 62.7 Å². The van der Waals surface area contributed by atoms with Gasteiger partial charge in [-0.25, -0.2) is 4.79 Å². The van der Waals surface area contributed by atoms with Gasteiger partial charge in [0.2, 0.25) is 0 Å². The van der Waals surface area contributed by atoms with Crippen LogP contribution >= 0.6 is 0 Å². The van der Waals surface area contributed by atoms with Crippen molar-refractivity contribution in [3.05, 3.63) is 83.2 Å². The Kier molecular flexibility index (Phi) is 6.21. The maximum Gasteiger partial charge on any atom is 0.336 e. The van der Waals surface area contributed by atoms with Gasteiger partial charge < -0.3 is 14.7 Å². The van der Waals surface area contributed by atoms with E-state index in [0.717, 1.165) is 49.1 Å². The molecule has 0 unspecified atom stereocenters. The zero-order chi connectivity index (χ0) is 21.8. The van der Waals surface area contributed by atoms with Crippen LogP contribution in [0.2, 0.25) is 0 Å². The second-order valence-electron chi connectivity index (χ2n) is 8.11. The van der Waals surface area contributed by atoms with Gasteiger partial charge in [0, 0.05) is 30.8 Å². The number of methoxy groups -OCH3 is 1. The molecular formula is C26H28N2O3. The van der Waals surface area contributed by atoms with E-state index in [4.69, 9.17) is 4.74 Å². The number of aromatic nitrogens is 1. The standard InChI is InChI=1S/C26H28N2O3/c1-28(21-8-11-23(31-2)12-9-21)22-10-13-24-18(4-3-5-19(24)16-22)6-7-20-17-27-15-14-25(20)26(29)30/h8-18H,3-7H2,1-2H3,(H,29,30)/t18-/m0/s1. The maximum absolute atomic E-state index is 11.5. The van der Waals surface area contributed by atoms with Crippen molar-refractivity contribution in [3.63, 3.8) is 0 Å². The number of aromatic carboxylic acids is 1. The lowest BCUT2D eigenvalue weighted by molar-refractivity contribution is 0.0695. The highest BCUT2D eigenvalue weighted by atomic mass is 16.5. The number of pyridine rings is 1. The number of rotatable bonds is 7. The van der Waals surface area contributed by atoms with Gasteiger partial charge >= 0.3 is 5.97 Å². The van der Waals surface area contributed by atoms with Crippen molar-refractivity contribution in [3.8, 4) is 5.75 Å². The summed E-state index contributed by atoms with van der Waals surface area (Å²) in [6.07, 6.45) is 8.29. The summed E-state index contributed by atoms with van der Waals surface area (Å²) in [6.45, 7) is 0. The van der Waals surface area contributed by atoms with Gasteiger partial charge in [-0.3, -0.25) is 4.98 Å². The van der Waals surface area contributed by atoms with Gasteiger partial charge in [-0.15, -0.1) is 0 Å². The van der Waals surface area contributed by atoms with Crippen LogP contribution in [-0.4, -0.2) is 30.2 Å². The normalized spacial score (nSPS) is 15.2. The monoisotopic (exact) mass is 416 g/mol. The van der Waals surface area contributed by atoms with E-state index in [1.807, 2.05) is 12.1 Å². The average Bonchev–Trinajstić information content (AvgIpc) is 2.82. The molecule has 0 fully saturated rings. The Labute approximate surface area is 183 Å². The number of benzene rings is 2. The number of carbonyl (C=O) groups is 1. The van der Waals surface area contributed by atoms with E-state index in [9.17, 15) is 9.90 Å². The van der Waals surface area contributed by atoms with Crippen molar-refractivity contribution >= 4 is 17.3 Å². The molecule has 0 saturated carbocycles. The quantitative estimate of drug-likeness (QED) is 0.542. The van der Waals surface area contributed by atoms with Crippen LogP contribution in [0.25, 0.3) is 0 Å². The molecule has 1 atom stereocenters. The molecule has 2 aromatic carbocycles. The molecule has 0 saturated heterocycles. The molecule has 1 aliphatic rings. The van der Waals surface area contributed by atoms with E-state index in [1.54, 1.807) is 25.6 Å². The van der Waals surface area contributed by atoms with E-state index in [2.05, 4.69) is 47.3 Å². The third-order valence-corrected chi connectivity index (χ3v) is 6.31. The molecule has 1 N–H and O–H groups in total. The molecule has 1 heterocycles. The number of carboxylic acid groups (broad SMARTS) is 1. The number of ether oxygens (including phenoxy) is 1.